The monoisotopic (exact) mass is 433 g/mol. The fourth-order valence-corrected chi connectivity index (χ4v) is 6.31. The van der Waals surface area contributed by atoms with Gasteiger partial charge < -0.3 is 14.0 Å². The Kier molecular flexibility index (Phi) is 3.85. The van der Waals surface area contributed by atoms with E-state index in [1.54, 1.807) is 11.3 Å². The van der Waals surface area contributed by atoms with Crippen molar-refractivity contribution in [2.24, 2.45) is 0 Å². The molecule has 31 heavy (non-hydrogen) atoms. The molecule has 6 heteroatoms. The van der Waals surface area contributed by atoms with Gasteiger partial charge in [-0.3, -0.25) is 4.98 Å². The number of thiophene rings is 1. The van der Waals surface area contributed by atoms with E-state index in [1.807, 2.05) is 6.20 Å². The van der Waals surface area contributed by atoms with E-state index in [0.717, 1.165) is 34.9 Å². The Labute approximate surface area is 188 Å². The van der Waals surface area contributed by atoms with Gasteiger partial charge in [-0.05, 0) is 83.0 Å². The number of fused-ring (bicyclic) bond motifs is 6. The smallest absolute Gasteiger partial charge is 0.399 e. The van der Waals surface area contributed by atoms with Gasteiger partial charge in [0.1, 0.15) is 0 Å². The summed E-state index contributed by atoms with van der Waals surface area (Å²) in [4.78, 5) is 4.92. The quantitative estimate of drug-likeness (QED) is 0.500. The lowest BCUT2D eigenvalue weighted by atomic mass is 9.77. The number of hydrogen-bond acceptors (Lipinski definition) is 5. The van der Waals surface area contributed by atoms with Crippen molar-refractivity contribution < 1.29 is 14.0 Å². The maximum absolute atomic E-state index is 6.46. The van der Waals surface area contributed by atoms with E-state index in [1.165, 1.54) is 15.8 Å². The Morgan fingerprint density at radius 2 is 1.58 bits per heavy atom. The summed E-state index contributed by atoms with van der Waals surface area (Å²) in [6.45, 7) is 12.8. The Hall–Kier alpha value is -1.73. The molecule has 2 bridgehead atoms. The van der Waals surface area contributed by atoms with Crippen LogP contribution in [0.1, 0.15) is 65.5 Å². The second kappa shape index (κ2) is 5.99. The van der Waals surface area contributed by atoms with Crippen molar-refractivity contribution in [2.45, 2.75) is 76.8 Å². The molecule has 0 saturated carbocycles. The fraction of sp³-hybridized carbons (Fsp3) is 0.480. The van der Waals surface area contributed by atoms with Gasteiger partial charge in [0, 0.05) is 27.3 Å². The van der Waals surface area contributed by atoms with Gasteiger partial charge in [-0.15, -0.1) is 11.3 Å². The van der Waals surface area contributed by atoms with Crippen LogP contribution in [0.4, 0.5) is 0 Å². The van der Waals surface area contributed by atoms with Gasteiger partial charge in [0.15, 0.2) is 0 Å². The van der Waals surface area contributed by atoms with Crippen LogP contribution >= 0.6 is 11.3 Å². The lowest BCUT2D eigenvalue weighted by Crippen LogP contribution is -2.41. The maximum Gasteiger partial charge on any atom is 0.497 e. The van der Waals surface area contributed by atoms with Crippen LogP contribution in [0, 0.1) is 0 Å². The third-order valence-electron chi connectivity index (χ3n) is 7.98. The Morgan fingerprint density at radius 1 is 0.903 bits per heavy atom. The molecule has 0 spiro atoms. The third kappa shape index (κ3) is 2.62. The number of rotatable bonds is 2. The summed E-state index contributed by atoms with van der Waals surface area (Å²) in [5, 5.41) is 3.28. The normalized spacial score (nSPS) is 30.3. The minimum atomic E-state index is -0.407. The number of aromatic nitrogens is 1. The summed E-state index contributed by atoms with van der Waals surface area (Å²) in [7, 11) is -0.407. The van der Waals surface area contributed by atoms with Crippen molar-refractivity contribution in [3.63, 3.8) is 0 Å². The summed E-state index contributed by atoms with van der Waals surface area (Å²) in [5.41, 5.74) is 4.75. The first-order valence-electron chi connectivity index (χ1n) is 11.1. The summed E-state index contributed by atoms with van der Waals surface area (Å²) in [6, 6.07) is 8.91. The first kappa shape index (κ1) is 19.9. The van der Waals surface area contributed by atoms with Gasteiger partial charge in [0.05, 0.1) is 28.1 Å². The molecular formula is C25H28BNO3S. The van der Waals surface area contributed by atoms with E-state index in [9.17, 15) is 0 Å². The molecule has 2 atom stereocenters. The predicted molar refractivity (Wildman–Crippen MR) is 126 cm³/mol. The highest BCUT2D eigenvalue weighted by atomic mass is 32.1. The summed E-state index contributed by atoms with van der Waals surface area (Å²) < 4.78 is 20.3. The summed E-state index contributed by atoms with van der Waals surface area (Å²) in [5.74, 6) is 0. The highest BCUT2D eigenvalue weighted by Crippen LogP contribution is 2.58. The van der Waals surface area contributed by atoms with E-state index in [2.05, 4.69) is 71.2 Å². The SMILES string of the molecule is CC12CCC(C)(O1)c1cc(-c3ncc(B4OC(C)(C)C(C)(C)O4)c4sccc34)ccc12. The van der Waals surface area contributed by atoms with Crippen LogP contribution < -0.4 is 5.46 Å². The van der Waals surface area contributed by atoms with E-state index in [0.29, 0.717) is 0 Å². The average Bonchev–Trinajstić information content (AvgIpc) is 3.40. The fourth-order valence-electron chi connectivity index (χ4n) is 5.40. The van der Waals surface area contributed by atoms with Gasteiger partial charge >= 0.3 is 7.12 Å². The maximum atomic E-state index is 6.46. The highest BCUT2D eigenvalue weighted by molar-refractivity contribution is 7.18. The van der Waals surface area contributed by atoms with E-state index >= 15 is 0 Å². The molecule has 160 valence electrons. The number of pyridine rings is 1. The zero-order valence-electron chi connectivity index (χ0n) is 19.0. The molecular weight excluding hydrogens is 405 g/mol. The second-order valence-corrected chi connectivity index (χ2v) is 11.6. The van der Waals surface area contributed by atoms with E-state index in [-0.39, 0.29) is 22.4 Å². The number of hydrogen-bond donors (Lipinski definition) is 0. The molecule has 0 aliphatic carbocycles. The Morgan fingerprint density at radius 3 is 2.29 bits per heavy atom. The van der Waals surface area contributed by atoms with Crippen LogP contribution in [0.15, 0.2) is 35.8 Å². The minimum absolute atomic E-state index is 0.144. The largest absolute Gasteiger partial charge is 0.497 e. The van der Waals surface area contributed by atoms with Gasteiger partial charge in [-0.25, -0.2) is 0 Å². The number of nitrogens with zero attached hydrogens (tertiary/aromatic N) is 1. The number of benzene rings is 1. The van der Waals surface area contributed by atoms with E-state index < -0.39 is 7.12 Å². The topological polar surface area (TPSA) is 40.6 Å². The van der Waals surface area contributed by atoms with E-state index in [4.69, 9.17) is 19.0 Å². The highest BCUT2D eigenvalue weighted by Gasteiger charge is 2.54. The third-order valence-corrected chi connectivity index (χ3v) is 8.95. The van der Waals surface area contributed by atoms with Gasteiger partial charge in [0.2, 0.25) is 0 Å². The molecule has 2 unspecified atom stereocenters. The van der Waals surface area contributed by atoms with Crippen molar-refractivity contribution in [2.75, 3.05) is 0 Å². The molecule has 5 heterocycles. The average molecular weight is 433 g/mol. The molecule has 6 rings (SSSR count). The van der Waals surface area contributed by atoms with Crippen LogP contribution in [0.25, 0.3) is 21.3 Å². The van der Waals surface area contributed by atoms with Crippen molar-refractivity contribution in [1.82, 2.24) is 4.98 Å². The Balaban J connectivity index is 1.45. The molecule has 3 aromatic rings. The zero-order valence-corrected chi connectivity index (χ0v) is 19.9. The van der Waals surface area contributed by atoms with Crippen LogP contribution in [0.3, 0.4) is 0 Å². The molecule has 0 N–H and O–H groups in total. The second-order valence-electron chi connectivity index (χ2n) is 10.6. The van der Waals surface area contributed by atoms with Crippen LogP contribution in [0.5, 0.6) is 0 Å². The molecule has 0 radical (unpaired) electrons. The standard InChI is InChI=1S/C25H28BNO3S/c1-22(2)23(3,4)30-26(29-22)19-14-27-20(16-9-12-31-21(16)19)15-7-8-17-18(13-15)25(6)11-10-24(17,5)28-25/h7-9,12-14H,10-11H2,1-6H3. The van der Waals surface area contributed by atoms with Crippen LogP contribution in [-0.4, -0.2) is 23.3 Å². The van der Waals surface area contributed by atoms with Crippen LogP contribution in [0.2, 0.25) is 0 Å². The van der Waals surface area contributed by atoms with Crippen molar-refractivity contribution >= 4 is 34.0 Å². The molecule has 4 nitrogen and oxygen atoms in total. The summed E-state index contributed by atoms with van der Waals surface area (Å²) in [6.07, 6.45) is 4.10. The molecule has 0 amide bonds. The molecule has 3 aliphatic heterocycles. The lowest BCUT2D eigenvalue weighted by Gasteiger charge is -2.32. The first-order valence-corrected chi connectivity index (χ1v) is 12.0. The van der Waals surface area contributed by atoms with Crippen LogP contribution in [-0.2, 0) is 25.2 Å². The van der Waals surface area contributed by atoms with Gasteiger partial charge in [-0.2, -0.15) is 0 Å². The van der Waals surface area contributed by atoms with Crippen molar-refractivity contribution in [3.05, 3.63) is 47.0 Å². The molecule has 3 aliphatic rings. The molecule has 2 fully saturated rings. The van der Waals surface area contributed by atoms with Crippen molar-refractivity contribution in [3.8, 4) is 11.3 Å². The van der Waals surface area contributed by atoms with Gasteiger partial charge in [-0.1, -0.05) is 12.1 Å². The molecule has 1 aromatic carbocycles. The van der Waals surface area contributed by atoms with Gasteiger partial charge in [0.25, 0.3) is 0 Å². The van der Waals surface area contributed by atoms with Crippen molar-refractivity contribution in [1.29, 1.82) is 0 Å². The molecule has 2 aromatic heterocycles. The Bertz CT molecular complexity index is 1220. The number of ether oxygens (including phenoxy) is 1. The lowest BCUT2D eigenvalue weighted by molar-refractivity contribution is -0.0662. The zero-order chi connectivity index (χ0) is 21.8. The first-order chi connectivity index (χ1) is 14.5. The predicted octanol–water partition coefficient (Wildman–Crippen LogP) is 5.52. The minimum Gasteiger partial charge on any atom is -0.399 e. The molecule has 2 saturated heterocycles. The summed E-state index contributed by atoms with van der Waals surface area (Å²) >= 11 is 1.72.